The number of alkyl carbamates (subject to hydrolysis) is 2. The maximum atomic E-state index is 14.1. The zero-order chi connectivity index (χ0) is 45.8. The van der Waals surface area contributed by atoms with E-state index in [1.165, 1.54) is 21.3 Å². The van der Waals surface area contributed by atoms with Crippen molar-refractivity contribution >= 4 is 45.8 Å². The van der Waals surface area contributed by atoms with Crippen LogP contribution in [0.25, 0.3) is 44.2 Å². The van der Waals surface area contributed by atoms with Crippen molar-refractivity contribution in [2.45, 2.75) is 64.1 Å². The van der Waals surface area contributed by atoms with Gasteiger partial charge in [-0.3, -0.25) is 9.59 Å². The third-order valence-electron chi connectivity index (χ3n) is 12.2. The minimum absolute atomic E-state index is 0.00334. The molecule has 0 aliphatic carbocycles. The highest BCUT2D eigenvalue weighted by Gasteiger charge is 2.38. The fourth-order valence-electron chi connectivity index (χ4n) is 8.84. The SMILES string of the molecule is COC[C@@H](C)CN(Cc1ncc(-c2ccc3c(c2)COc2cc4c(ccc5[nH]c([C@@H]6CCCN6C(=O)[C@H](NC(=O)OC)c6ccccc6)nc54)cc2-3)[nH]1)C(=O)[C@@H](NC(=O)OC)[C@@H](C)OC. The summed E-state index contributed by atoms with van der Waals surface area (Å²) in [6.07, 6.45) is 1.21. The van der Waals surface area contributed by atoms with Gasteiger partial charge in [-0.05, 0) is 77.6 Å². The molecule has 17 heteroatoms. The second kappa shape index (κ2) is 19.4. The lowest BCUT2D eigenvalue weighted by atomic mass is 9.92. The first-order chi connectivity index (χ1) is 31.5. The lowest BCUT2D eigenvalue weighted by molar-refractivity contribution is -0.138. The van der Waals surface area contributed by atoms with E-state index in [1.54, 1.807) is 30.0 Å². The van der Waals surface area contributed by atoms with Gasteiger partial charge in [-0.25, -0.2) is 19.6 Å². The van der Waals surface area contributed by atoms with E-state index in [0.717, 1.165) is 68.3 Å². The van der Waals surface area contributed by atoms with Gasteiger partial charge in [-0.15, -0.1) is 0 Å². The quantitative estimate of drug-likeness (QED) is 0.0845. The zero-order valence-corrected chi connectivity index (χ0v) is 37.3. The van der Waals surface area contributed by atoms with Gasteiger partial charge in [-0.1, -0.05) is 55.5 Å². The number of carbonyl (C=O) groups is 4. The molecule has 0 unspecified atom stereocenters. The van der Waals surface area contributed by atoms with Crippen LogP contribution in [0.2, 0.25) is 0 Å². The molecule has 4 heterocycles. The van der Waals surface area contributed by atoms with Crippen LogP contribution in [-0.4, -0.2) is 114 Å². The fourth-order valence-corrected chi connectivity index (χ4v) is 8.84. The molecule has 6 aromatic rings. The highest BCUT2D eigenvalue weighted by molar-refractivity contribution is 6.07. The van der Waals surface area contributed by atoms with Gasteiger partial charge in [0.25, 0.3) is 5.91 Å². The van der Waals surface area contributed by atoms with E-state index in [0.29, 0.717) is 43.5 Å². The van der Waals surface area contributed by atoms with Gasteiger partial charge in [-0.2, -0.15) is 0 Å². The minimum atomic E-state index is -0.988. The first-order valence-electron chi connectivity index (χ1n) is 21.6. The van der Waals surface area contributed by atoms with Gasteiger partial charge in [0, 0.05) is 38.3 Å². The molecule has 2 aliphatic rings. The maximum Gasteiger partial charge on any atom is 0.407 e. The smallest absolute Gasteiger partial charge is 0.407 e. The first kappa shape index (κ1) is 44.6. The number of amides is 4. The lowest BCUT2D eigenvalue weighted by Gasteiger charge is -2.31. The molecule has 5 atom stereocenters. The number of likely N-dealkylation sites (tertiary alicyclic amines) is 1. The van der Waals surface area contributed by atoms with Crippen LogP contribution < -0.4 is 15.4 Å². The molecule has 1 fully saturated rings. The zero-order valence-electron chi connectivity index (χ0n) is 37.3. The normalized spacial score (nSPS) is 16.2. The molecule has 0 radical (unpaired) electrons. The maximum absolute atomic E-state index is 14.1. The number of nitrogens with one attached hydrogen (secondary N) is 4. The Kier molecular flexibility index (Phi) is 13.3. The molecule has 17 nitrogen and oxygen atoms in total. The summed E-state index contributed by atoms with van der Waals surface area (Å²) in [6.45, 7) is 5.51. The molecule has 0 spiro atoms. The van der Waals surface area contributed by atoms with Crippen molar-refractivity contribution in [3.8, 4) is 28.1 Å². The summed E-state index contributed by atoms with van der Waals surface area (Å²) in [6, 6.07) is 21.4. The molecule has 65 heavy (non-hydrogen) atoms. The van der Waals surface area contributed by atoms with Crippen molar-refractivity contribution in [2.75, 3.05) is 48.1 Å². The Hall–Kier alpha value is -6.98. The topological polar surface area (TPSA) is 202 Å². The van der Waals surface area contributed by atoms with Crippen molar-refractivity contribution in [2.24, 2.45) is 5.92 Å². The van der Waals surface area contributed by atoms with E-state index in [-0.39, 0.29) is 30.3 Å². The Morgan fingerprint density at radius 2 is 1.71 bits per heavy atom. The Morgan fingerprint density at radius 3 is 2.46 bits per heavy atom. The van der Waals surface area contributed by atoms with Gasteiger partial charge >= 0.3 is 12.2 Å². The molecule has 4 amide bonds. The predicted octanol–water partition coefficient (Wildman–Crippen LogP) is 6.80. The van der Waals surface area contributed by atoms with Gasteiger partial charge in [0.15, 0.2) is 0 Å². The average Bonchev–Trinajstić information content (AvgIpc) is 4.12. The predicted molar refractivity (Wildman–Crippen MR) is 242 cm³/mol. The van der Waals surface area contributed by atoms with E-state index < -0.39 is 30.4 Å². The Morgan fingerprint density at radius 1 is 0.923 bits per heavy atom. The molecule has 1 saturated heterocycles. The molecule has 8 rings (SSSR count). The minimum Gasteiger partial charge on any atom is -0.488 e. The number of rotatable bonds is 15. The summed E-state index contributed by atoms with van der Waals surface area (Å²) in [5.41, 5.74) is 6.98. The Bertz CT molecular complexity index is 2700. The summed E-state index contributed by atoms with van der Waals surface area (Å²) in [4.78, 5) is 72.7. The molecule has 340 valence electrons. The van der Waals surface area contributed by atoms with Crippen LogP contribution in [0.15, 0.2) is 79.0 Å². The van der Waals surface area contributed by atoms with Crippen LogP contribution >= 0.6 is 0 Å². The molecule has 4 N–H and O–H groups in total. The Labute approximate surface area is 376 Å². The average molecular weight is 887 g/mol. The number of fused-ring (bicyclic) bond motifs is 6. The van der Waals surface area contributed by atoms with Crippen LogP contribution in [0.5, 0.6) is 5.75 Å². The molecule has 4 aromatic carbocycles. The largest absolute Gasteiger partial charge is 0.488 e. The second-order valence-electron chi connectivity index (χ2n) is 16.6. The number of H-pyrrole nitrogens is 2. The summed E-state index contributed by atoms with van der Waals surface area (Å²) >= 11 is 0. The number of aromatic nitrogens is 4. The molecule has 0 saturated carbocycles. The fraction of sp³-hybridized carbons (Fsp3) is 0.375. The molecular formula is C48H54N8O9. The lowest BCUT2D eigenvalue weighted by Crippen LogP contribution is -2.54. The second-order valence-corrected chi connectivity index (χ2v) is 16.6. The molecular weight excluding hydrogens is 833 g/mol. The van der Waals surface area contributed by atoms with Crippen molar-refractivity contribution < 1.29 is 42.9 Å². The summed E-state index contributed by atoms with van der Waals surface area (Å²) in [7, 11) is 5.62. The van der Waals surface area contributed by atoms with Gasteiger partial charge < -0.3 is 54.1 Å². The number of methoxy groups -OCH3 is 4. The van der Waals surface area contributed by atoms with Gasteiger partial charge in [0.1, 0.15) is 36.1 Å². The van der Waals surface area contributed by atoms with Crippen molar-refractivity contribution in [1.82, 2.24) is 40.4 Å². The number of aromatic amines is 2. The van der Waals surface area contributed by atoms with Gasteiger partial charge in [0.2, 0.25) is 5.91 Å². The van der Waals surface area contributed by atoms with E-state index in [2.05, 4.69) is 49.9 Å². The van der Waals surface area contributed by atoms with Crippen LogP contribution in [0.3, 0.4) is 0 Å². The van der Waals surface area contributed by atoms with Crippen LogP contribution in [0.1, 0.15) is 61.5 Å². The van der Waals surface area contributed by atoms with Gasteiger partial charge in [0.05, 0.1) is 62.4 Å². The summed E-state index contributed by atoms with van der Waals surface area (Å²) < 4.78 is 26.9. The van der Waals surface area contributed by atoms with Crippen molar-refractivity contribution in [3.05, 3.63) is 102 Å². The highest BCUT2D eigenvalue weighted by Crippen LogP contribution is 2.43. The Balaban J connectivity index is 1.03. The number of nitrogens with zero attached hydrogens (tertiary/aromatic N) is 4. The number of hydrogen-bond donors (Lipinski definition) is 4. The summed E-state index contributed by atoms with van der Waals surface area (Å²) in [5, 5.41) is 7.26. The number of hydrogen-bond acceptors (Lipinski definition) is 11. The van der Waals surface area contributed by atoms with E-state index in [9.17, 15) is 19.2 Å². The van der Waals surface area contributed by atoms with Crippen molar-refractivity contribution in [1.29, 1.82) is 0 Å². The molecule has 2 aromatic heterocycles. The van der Waals surface area contributed by atoms with Crippen molar-refractivity contribution in [3.63, 3.8) is 0 Å². The first-order valence-corrected chi connectivity index (χ1v) is 21.6. The highest BCUT2D eigenvalue weighted by atomic mass is 16.5. The third-order valence-corrected chi connectivity index (χ3v) is 12.2. The number of carbonyl (C=O) groups excluding carboxylic acids is 4. The molecule has 2 aliphatic heterocycles. The summed E-state index contributed by atoms with van der Waals surface area (Å²) in [5.74, 6) is 1.42. The van der Waals surface area contributed by atoms with Crippen LogP contribution in [-0.2, 0) is 41.7 Å². The third kappa shape index (κ3) is 9.33. The van der Waals surface area contributed by atoms with E-state index in [1.807, 2.05) is 55.5 Å². The standard InChI is InChI=1S/C48H54N8O9/c1-27(25-61-3)23-55(45(57)41(28(2)62-4)53-47(59)63-5)24-40-49-22-37(50-40)31-14-16-33-32(19-31)26-65-39-21-34-30(20-35(33)39)15-17-36-43(34)52-44(51-36)38-13-10-18-56(38)46(58)42(54-48(60)64-6)29-11-8-7-9-12-29/h7-9,11-12,14-17,19-22,27-28,38,41-42H,10,13,18,23-26H2,1-6H3,(H,49,50)(H,51,52)(H,53,59)(H,54,60)/t27-,28+,38-,41-,42+/m0/s1. The van der Waals surface area contributed by atoms with Crippen LogP contribution in [0.4, 0.5) is 9.59 Å². The van der Waals surface area contributed by atoms with E-state index in [4.69, 9.17) is 28.7 Å². The van der Waals surface area contributed by atoms with E-state index >= 15 is 0 Å². The number of ether oxygens (including phenoxy) is 5. The monoisotopic (exact) mass is 886 g/mol. The van der Waals surface area contributed by atoms with Crippen LogP contribution in [0, 0.1) is 5.92 Å². The number of imidazole rings is 2. The number of benzene rings is 4. The molecule has 0 bridgehead atoms.